The number of aryl methyl sites for hydroxylation is 1. The molecule has 2 heterocycles. The number of carbonyl (C=O) groups is 1. The number of halogens is 1. The van der Waals surface area contributed by atoms with Crippen molar-refractivity contribution in [2.75, 3.05) is 6.61 Å². The predicted molar refractivity (Wildman–Crippen MR) is 91.1 cm³/mol. The van der Waals surface area contributed by atoms with Crippen LogP contribution in [0.15, 0.2) is 12.1 Å². The molecule has 5 heteroatoms. The smallest absolute Gasteiger partial charge is 0.306 e. The van der Waals surface area contributed by atoms with Crippen LogP contribution in [0.25, 0.3) is 10.9 Å². The predicted octanol–water partition coefficient (Wildman–Crippen LogP) is 4.42. The summed E-state index contributed by atoms with van der Waals surface area (Å²) in [4.78, 5) is 15.0. The monoisotopic (exact) mass is 335 g/mol. The second-order valence-electron chi connectivity index (χ2n) is 6.46. The number of H-pyrrole nitrogens is 1. The van der Waals surface area contributed by atoms with Crippen LogP contribution >= 0.6 is 11.6 Å². The highest BCUT2D eigenvalue weighted by atomic mass is 35.5. The van der Waals surface area contributed by atoms with Gasteiger partial charge in [0.15, 0.2) is 0 Å². The van der Waals surface area contributed by atoms with Gasteiger partial charge in [0.2, 0.25) is 0 Å². The Bertz CT molecular complexity index is 767. The number of rotatable bonds is 4. The summed E-state index contributed by atoms with van der Waals surface area (Å²) in [6.07, 6.45) is 1.55. The summed E-state index contributed by atoms with van der Waals surface area (Å²) in [7, 11) is 0. The topological polar surface area (TPSA) is 62.3 Å². The first-order valence-electron chi connectivity index (χ1n) is 8.06. The highest BCUT2D eigenvalue weighted by Crippen LogP contribution is 2.46. The highest BCUT2D eigenvalue weighted by molar-refractivity contribution is 6.36. The van der Waals surface area contributed by atoms with E-state index in [-0.39, 0.29) is 12.3 Å². The Balaban J connectivity index is 2.31. The van der Waals surface area contributed by atoms with Gasteiger partial charge in [0.05, 0.1) is 29.3 Å². The fourth-order valence-corrected chi connectivity index (χ4v) is 4.01. The molecule has 0 radical (unpaired) electrons. The number of hydrogen-bond acceptors (Lipinski definition) is 2. The van der Waals surface area contributed by atoms with Gasteiger partial charge in [-0.2, -0.15) is 0 Å². The van der Waals surface area contributed by atoms with Crippen LogP contribution in [-0.2, 0) is 21.6 Å². The van der Waals surface area contributed by atoms with Crippen LogP contribution in [0.2, 0.25) is 5.02 Å². The summed E-state index contributed by atoms with van der Waals surface area (Å²) >= 11 is 6.44. The summed E-state index contributed by atoms with van der Waals surface area (Å²) in [5, 5.41) is 11.2. The molecule has 1 aromatic carbocycles. The average Bonchev–Trinajstić information content (AvgIpc) is 2.91. The molecule has 2 aromatic rings. The molecule has 0 bridgehead atoms. The fourth-order valence-electron chi connectivity index (χ4n) is 3.74. The van der Waals surface area contributed by atoms with Crippen molar-refractivity contribution in [3.05, 3.63) is 34.0 Å². The molecule has 23 heavy (non-hydrogen) atoms. The molecular weight excluding hydrogens is 314 g/mol. The molecule has 1 aromatic heterocycles. The van der Waals surface area contributed by atoms with Crippen LogP contribution in [-0.4, -0.2) is 22.7 Å². The molecule has 2 N–H and O–H groups in total. The van der Waals surface area contributed by atoms with Crippen molar-refractivity contribution in [3.63, 3.8) is 0 Å². The van der Waals surface area contributed by atoms with E-state index in [1.807, 2.05) is 19.1 Å². The molecule has 2 atom stereocenters. The van der Waals surface area contributed by atoms with Gasteiger partial charge in [0.25, 0.3) is 0 Å². The second kappa shape index (κ2) is 5.84. The Hall–Kier alpha value is -1.52. The van der Waals surface area contributed by atoms with Crippen molar-refractivity contribution >= 4 is 28.5 Å². The molecule has 0 saturated heterocycles. The molecule has 124 valence electrons. The number of ether oxygens (including phenoxy) is 1. The van der Waals surface area contributed by atoms with Crippen molar-refractivity contribution in [3.8, 4) is 0 Å². The Morgan fingerprint density at radius 2 is 2.26 bits per heavy atom. The Morgan fingerprint density at radius 1 is 1.52 bits per heavy atom. The lowest BCUT2D eigenvalue weighted by Crippen LogP contribution is -2.43. The minimum Gasteiger partial charge on any atom is -0.481 e. The first-order valence-corrected chi connectivity index (χ1v) is 8.44. The van der Waals surface area contributed by atoms with E-state index in [1.54, 1.807) is 0 Å². The van der Waals surface area contributed by atoms with E-state index >= 15 is 0 Å². The second-order valence-corrected chi connectivity index (χ2v) is 6.87. The number of aliphatic carboxylic acids is 1. The van der Waals surface area contributed by atoms with Crippen LogP contribution in [0.3, 0.4) is 0 Å². The van der Waals surface area contributed by atoms with Crippen LogP contribution in [0, 0.1) is 12.8 Å². The van der Waals surface area contributed by atoms with Gasteiger partial charge in [-0.15, -0.1) is 0 Å². The van der Waals surface area contributed by atoms with Crippen LogP contribution in [0.5, 0.6) is 0 Å². The quantitative estimate of drug-likeness (QED) is 0.869. The molecule has 3 rings (SSSR count). The molecule has 0 aliphatic carbocycles. The van der Waals surface area contributed by atoms with Crippen LogP contribution in [0.1, 0.15) is 43.5 Å². The first kappa shape index (κ1) is 16.3. The van der Waals surface area contributed by atoms with E-state index in [0.29, 0.717) is 11.6 Å². The number of aromatic amines is 1. The van der Waals surface area contributed by atoms with Gasteiger partial charge >= 0.3 is 5.97 Å². The van der Waals surface area contributed by atoms with Crippen molar-refractivity contribution in [1.29, 1.82) is 0 Å². The third-order valence-electron chi connectivity index (χ3n) is 5.17. The van der Waals surface area contributed by atoms with Gasteiger partial charge < -0.3 is 14.8 Å². The Labute approximate surface area is 140 Å². The summed E-state index contributed by atoms with van der Waals surface area (Å²) < 4.78 is 6.11. The molecule has 0 spiro atoms. The summed E-state index contributed by atoms with van der Waals surface area (Å²) in [6, 6.07) is 3.89. The lowest BCUT2D eigenvalue weighted by atomic mass is 9.77. The van der Waals surface area contributed by atoms with E-state index in [1.165, 1.54) is 0 Å². The van der Waals surface area contributed by atoms with E-state index in [0.717, 1.165) is 40.6 Å². The molecule has 1 aliphatic heterocycles. The molecule has 4 nitrogen and oxygen atoms in total. The van der Waals surface area contributed by atoms with Crippen molar-refractivity contribution < 1.29 is 14.6 Å². The maximum atomic E-state index is 11.5. The third-order valence-corrected chi connectivity index (χ3v) is 5.49. The number of fused-ring (bicyclic) bond motifs is 3. The van der Waals surface area contributed by atoms with Crippen LogP contribution in [0.4, 0.5) is 0 Å². The first-order chi connectivity index (χ1) is 10.9. The van der Waals surface area contributed by atoms with Gasteiger partial charge in [-0.3, -0.25) is 4.79 Å². The van der Waals surface area contributed by atoms with Crippen molar-refractivity contribution in [2.24, 2.45) is 5.92 Å². The lowest BCUT2D eigenvalue weighted by molar-refractivity contribution is -0.155. The molecular formula is C18H22ClNO3. The van der Waals surface area contributed by atoms with Crippen molar-refractivity contribution in [1.82, 2.24) is 4.98 Å². The van der Waals surface area contributed by atoms with Crippen LogP contribution < -0.4 is 0 Å². The van der Waals surface area contributed by atoms with Gasteiger partial charge in [0.1, 0.15) is 5.60 Å². The number of aromatic nitrogens is 1. The van der Waals surface area contributed by atoms with E-state index in [9.17, 15) is 9.90 Å². The highest BCUT2D eigenvalue weighted by Gasteiger charge is 2.46. The van der Waals surface area contributed by atoms with Gasteiger partial charge in [-0.05, 0) is 36.5 Å². The average molecular weight is 336 g/mol. The minimum absolute atomic E-state index is 0.0432. The zero-order chi connectivity index (χ0) is 16.8. The van der Waals surface area contributed by atoms with Gasteiger partial charge in [0, 0.05) is 5.39 Å². The van der Waals surface area contributed by atoms with Gasteiger partial charge in [-0.1, -0.05) is 37.9 Å². The standard InChI is InChI=1S/C18H22ClNO3/c1-4-11(3)18(9-14(21)22)17-12(7-8-23-18)15-13(19)6-5-10(2)16(15)20-17/h5-6,11,20H,4,7-9H2,1-3H3,(H,21,22). The maximum absolute atomic E-state index is 11.5. The fraction of sp³-hybridized carbons (Fsp3) is 0.500. The molecule has 0 saturated carbocycles. The molecule has 2 unspecified atom stereocenters. The number of benzene rings is 1. The largest absolute Gasteiger partial charge is 0.481 e. The third kappa shape index (κ3) is 2.45. The summed E-state index contributed by atoms with van der Waals surface area (Å²) in [6.45, 7) is 6.66. The molecule has 1 aliphatic rings. The lowest BCUT2D eigenvalue weighted by Gasteiger charge is -2.40. The maximum Gasteiger partial charge on any atom is 0.306 e. The van der Waals surface area contributed by atoms with Gasteiger partial charge in [-0.25, -0.2) is 0 Å². The van der Waals surface area contributed by atoms with E-state index in [4.69, 9.17) is 16.3 Å². The summed E-state index contributed by atoms with van der Waals surface area (Å²) in [5.41, 5.74) is 3.29. The normalized spacial score (nSPS) is 22.1. The molecule has 0 amide bonds. The minimum atomic E-state index is -0.848. The number of nitrogens with one attached hydrogen (secondary N) is 1. The zero-order valence-electron chi connectivity index (χ0n) is 13.7. The summed E-state index contributed by atoms with van der Waals surface area (Å²) in [5.74, 6) is -0.760. The van der Waals surface area contributed by atoms with Crippen molar-refractivity contribution in [2.45, 2.75) is 45.6 Å². The zero-order valence-corrected chi connectivity index (χ0v) is 14.5. The van der Waals surface area contributed by atoms with E-state index in [2.05, 4.69) is 18.8 Å². The van der Waals surface area contributed by atoms with E-state index < -0.39 is 11.6 Å². The SMILES string of the molecule is CCC(C)C1(CC(=O)O)OCCc2c1[nH]c1c(C)ccc(Cl)c21. The number of carboxylic acid groups (broad SMARTS) is 1. The molecule has 0 fully saturated rings. The number of hydrogen-bond donors (Lipinski definition) is 2. The Kier molecular flexibility index (Phi) is 4.15. The number of carboxylic acids is 1. The Morgan fingerprint density at radius 3 is 2.91 bits per heavy atom.